The van der Waals surface area contributed by atoms with Crippen molar-refractivity contribution in [1.82, 2.24) is 0 Å². The molecule has 0 fully saturated rings. The van der Waals surface area contributed by atoms with Crippen molar-refractivity contribution in [3.05, 3.63) is 22.7 Å². The second kappa shape index (κ2) is 4.57. The van der Waals surface area contributed by atoms with Gasteiger partial charge in [0, 0.05) is 10.6 Å². The predicted molar refractivity (Wildman–Crippen MR) is 59.0 cm³/mol. The van der Waals surface area contributed by atoms with Gasteiger partial charge in [0.05, 0.1) is 17.7 Å². The quantitative estimate of drug-likeness (QED) is 0.483. The van der Waals surface area contributed by atoms with Crippen molar-refractivity contribution >= 4 is 35.0 Å². The molecule has 0 atom stereocenters. The van der Waals surface area contributed by atoms with E-state index < -0.39 is 5.97 Å². The Bertz CT molecular complexity index is 368. The van der Waals surface area contributed by atoms with Crippen LogP contribution in [0.5, 0.6) is 0 Å². The Morgan fingerprint density at radius 1 is 1.57 bits per heavy atom. The zero-order valence-corrected chi connectivity index (χ0v) is 9.41. The minimum absolute atomic E-state index is 0.407. The third-order valence-corrected chi connectivity index (χ3v) is 2.93. The van der Waals surface area contributed by atoms with Crippen molar-refractivity contribution in [1.29, 1.82) is 0 Å². The number of nitrogen functional groups attached to an aromatic ring is 1. The molecule has 1 rings (SSSR count). The summed E-state index contributed by atoms with van der Waals surface area (Å²) in [5, 5.41) is 0.470. The lowest BCUT2D eigenvalue weighted by atomic mass is 10.2. The van der Waals surface area contributed by atoms with Gasteiger partial charge < -0.3 is 10.5 Å². The molecule has 0 heterocycles. The molecular weight excluding hydrogens is 222 g/mol. The van der Waals surface area contributed by atoms with Crippen LogP contribution < -0.4 is 5.73 Å². The molecule has 0 radical (unpaired) electrons. The van der Waals surface area contributed by atoms with Gasteiger partial charge >= 0.3 is 5.97 Å². The summed E-state index contributed by atoms with van der Waals surface area (Å²) >= 11 is 7.31. The van der Waals surface area contributed by atoms with E-state index in [9.17, 15) is 4.79 Å². The van der Waals surface area contributed by atoms with E-state index in [4.69, 9.17) is 17.3 Å². The SMILES string of the molecule is COC(=O)c1cc(N)cc(Cl)c1SC. The number of ether oxygens (including phenoxy) is 1. The number of rotatable bonds is 2. The molecule has 0 amide bonds. The number of thioether (sulfide) groups is 1. The summed E-state index contributed by atoms with van der Waals surface area (Å²) in [5.41, 5.74) is 6.43. The van der Waals surface area contributed by atoms with Crippen LogP contribution in [-0.4, -0.2) is 19.3 Å². The number of nitrogens with two attached hydrogens (primary N) is 1. The largest absolute Gasteiger partial charge is 0.465 e. The fourth-order valence-electron chi connectivity index (χ4n) is 1.08. The molecule has 0 bridgehead atoms. The third kappa shape index (κ3) is 2.13. The molecule has 0 aromatic heterocycles. The highest BCUT2D eigenvalue weighted by atomic mass is 35.5. The lowest BCUT2D eigenvalue weighted by Crippen LogP contribution is -2.04. The highest BCUT2D eigenvalue weighted by Crippen LogP contribution is 2.31. The first-order chi connectivity index (χ1) is 6.60. The molecule has 0 spiro atoms. The Hall–Kier alpha value is -0.870. The first kappa shape index (κ1) is 11.2. The number of carbonyl (C=O) groups is 1. The number of hydrogen-bond donors (Lipinski definition) is 1. The fraction of sp³-hybridized carbons (Fsp3) is 0.222. The van der Waals surface area contributed by atoms with E-state index in [2.05, 4.69) is 4.74 Å². The van der Waals surface area contributed by atoms with Gasteiger partial charge in [-0.15, -0.1) is 11.8 Å². The highest BCUT2D eigenvalue weighted by Gasteiger charge is 2.15. The zero-order chi connectivity index (χ0) is 10.7. The summed E-state index contributed by atoms with van der Waals surface area (Å²) in [6.45, 7) is 0. The second-order valence-electron chi connectivity index (χ2n) is 2.58. The zero-order valence-electron chi connectivity index (χ0n) is 7.83. The van der Waals surface area contributed by atoms with Crippen LogP contribution in [0.4, 0.5) is 5.69 Å². The standard InChI is InChI=1S/C9H10ClNO2S/c1-13-9(12)6-3-5(11)4-7(10)8(6)14-2/h3-4H,11H2,1-2H3. The molecule has 0 unspecified atom stereocenters. The number of benzene rings is 1. The molecule has 0 saturated carbocycles. The van der Waals surface area contributed by atoms with Gasteiger partial charge in [0.25, 0.3) is 0 Å². The van der Waals surface area contributed by atoms with Crippen LogP contribution in [0.2, 0.25) is 5.02 Å². The van der Waals surface area contributed by atoms with Gasteiger partial charge in [0.2, 0.25) is 0 Å². The highest BCUT2D eigenvalue weighted by molar-refractivity contribution is 7.98. The fourth-order valence-corrected chi connectivity index (χ4v) is 2.16. The van der Waals surface area contributed by atoms with Gasteiger partial charge in [-0.25, -0.2) is 4.79 Å². The molecule has 0 aliphatic heterocycles. The molecule has 1 aromatic rings. The molecular formula is C9H10ClNO2S. The Balaban J connectivity index is 3.32. The summed E-state index contributed by atoms with van der Waals surface area (Å²) in [7, 11) is 1.32. The summed E-state index contributed by atoms with van der Waals surface area (Å²) < 4.78 is 4.62. The van der Waals surface area contributed by atoms with Crippen LogP contribution in [0.1, 0.15) is 10.4 Å². The van der Waals surface area contributed by atoms with Crippen LogP contribution in [0.3, 0.4) is 0 Å². The van der Waals surface area contributed by atoms with E-state index in [0.717, 1.165) is 0 Å². The van der Waals surface area contributed by atoms with Gasteiger partial charge in [-0.1, -0.05) is 11.6 Å². The summed E-state index contributed by atoms with van der Waals surface area (Å²) in [6, 6.07) is 3.17. The molecule has 2 N–H and O–H groups in total. The van der Waals surface area contributed by atoms with Crippen LogP contribution in [0, 0.1) is 0 Å². The Morgan fingerprint density at radius 2 is 2.21 bits per heavy atom. The van der Waals surface area contributed by atoms with Gasteiger partial charge in [-0.05, 0) is 18.4 Å². The van der Waals surface area contributed by atoms with E-state index in [-0.39, 0.29) is 0 Å². The van der Waals surface area contributed by atoms with Crippen LogP contribution >= 0.6 is 23.4 Å². The second-order valence-corrected chi connectivity index (χ2v) is 3.80. The summed E-state index contributed by atoms with van der Waals surface area (Å²) in [5.74, 6) is -0.427. The van der Waals surface area contributed by atoms with Gasteiger partial charge in [-0.2, -0.15) is 0 Å². The monoisotopic (exact) mass is 231 g/mol. The first-order valence-corrected chi connectivity index (χ1v) is 5.41. The van der Waals surface area contributed by atoms with Crippen molar-refractivity contribution in [2.45, 2.75) is 4.90 Å². The predicted octanol–water partition coefficient (Wildman–Crippen LogP) is 2.43. The lowest BCUT2D eigenvalue weighted by Gasteiger charge is -2.08. The molecule has 76 valence electrons. The van der Waals surface area contributed by atoms with E-state index in [1.54, 1.807) is 12.1 Å². The van der Waals surface area contributed by atoms with Crippen LogP contribution in [-0.2, 0) is 4.74 Å². The van der Waals surface area contributed by atoms with Crippen LogP contribution in [0.25, 0.3) is 0 Å². The minimum Gasteiger partial charge on any atom is -0.465 e. The maximum Gasteiger partial charge on any atom is 0.339 e. The number of esters is 1. The number of anilines is 1. The maximum atomic E-state index is 11.3. The van der Waals surface area contributed by atoms with Crippen molar-refractivity contribution in [2.75, 3.05) is 19.1 Å². The molecule has 14 heavy (non-hydrogen) atoms. The number of carbonyl (C=O) groups excluding carboxylic acids is 1. The Labute approximate surface area is 91.6 Å². The van der Waals surface area contributed by atoms with E-state index in [0.29, 0.717) is 21.2 Å². The topological polar surface area (TPSA) is 52.3 Å². The van der Waals surface area contributed by atoms with Gasteiger partial charge in [0.1, 0.15) is 0 Å². The van der Waals surface area contributed by atoms with E-state index in [1.165, 1.54) is 18.9 Å². The third-order valence-electron chi connectivity index (χ3n) is 1.68. The number of methoxy groups -OCH3 is 1. The first-order valence-electron chi connectivity index (χ1n) is 3.81. The number of halogens is 1. The minimum atomic E-state index is -0.427. The smallest absolute Gasteiger partial charge is 0.339 e. The van der Waals surface area contributed by atoms with Crippen molar-refractivity contribution in [3.8, 4) is 0 Å². The summed E-state index contributed by atoms with van der Waals surface area (Å²) in [4.78, 5) is 12.0. The molecule has 5 heteroatoms. The molecule has 0 aliphatic carbocycles. The van der Waals surface area contributed by atoms with E-state index >= 15 is 0 Å². The molecule has 1 aromatic carbocycles. The average molecular weight is 232 g/mol. The molecule has 3 nitrogen and oxygen atoms in total. The summed E-state index contributed by atoms with van der Waals surface area (Å²) in [6.07, 6.45) is 1.84. The lowest BCUT2D eigenvalue weighted by molar-refractivity contribution is 0.0597. The van der Waals surface area contributed by atoms with Crippen molar-refractivity contribution in [3.63, 3.8) is 0 Å². The average Bonchev–Trinajstić information content (AvgIpc) is 2.15. The molecule has 0 aliphatic rings. The van der Waals surface area contributed by atoms with Crippen molar-refractivity contribution in [2.24, 2.45) is 0 Å². The normalized spacial score (nSPS) is 9.93. The number of hydrogen-bond acceptors (Lipinski definition) is 4. The van der Waals surface area contributed by atoms with Gasteiger partial charge in [0.15, 0.2) is 0 Å². The maximum absolute atomic E-state index is 11.3. The molecule has 0 saturated heterocycles. The van der Waals surface area contributed by atoms with Crippen LogP contribution in [0.15, 0.2) is 17.0 Å². The van der Waals surface area contributed by atoms with E-state index in [1.807, 2.05) is 6.26 Å². The van der Waals surface area contributed by atoms with Crippen molar-refractivity contribution < 1.29 is 9.53 Å². The van der Waals surface area contributed by atoms with Gasteiger partial charge in [-0.3, -0.25) is 0 Å². The Kier molecular flexibility index (Phi) is 3.66. The Morgan fingerprint density at radius 3 is 2.71 bits per heavy atom.